The number of hydrogen-bond donors (Lipinski definition) is 2. The van der Waals surface area contributed by atoms with E-state index in [1.54, 1.807) is 12.1 Å². The van der Waals surface area contributed by atoms with Gasteiger partial charge < -0.3 is 4.98 Å². The molecule has 0 spiro atoms. The lowest BCUT2D eigenvalue weighted by Gasteiger charge is -2.16. The summed E-state index contributed by atoms with van der Waals surface area (Å²) in [5.74, 6) is -0.272. The number of nitrogens with one attached hydrogen (secondary N) is 2. The largest absolute Gasteiger partial charge is 0.354 e. The summed E-state index contributed by atoms with van der Waals surface area (Å²) in [6.07, 6.45) is 1.82. The molecule has 1 aliphatic heterocycles. The van der Waals surface area contributed by atoms with E-state index in [0.29, 0.717) is 18.7 Å². The second kappa shape index (κ2) is 7.07. The second-order valence-electron chi connectivity index (χ2n) is 6.92. The Morgan fingerprint density at radius 1 is 1.15 bits per heavy atom. The Bertz CT molecular complexity index is 1090. The van der Waals surface area contributed by atoms with Crippen LogP contribution >= 0.6 is 0 Å². The zero-order chi connectivity index (χ0) is 19.0. The van der Waals surface area contributed by atoms with Crippen LogP contribution < -0.4 is 4.72 Å². The molecule has 5 nitrogen and oxygen atoms in total. The minimum atomic E-state index is -3.44. The van der Waals surface area contributed by atoms with Gasteiger partial charge in [-0.15, -0.1) is 0 Å². The summed E-state index contributed by atoms with van der Waals surface area (Å²) in [5.41, 5.74) is 3.99. The van der Waals surface area contributed by atoms with Crippen LogP contribution in [0.3, 0.4) is 0 Å². The van der Waals surface area contributed by atoms with Gasteiger partial charge in [-0.1, -0.05) is 18.2 Å². The van der Waals surface area contributed by atoms with E-state index in [-0.39, 0.29) is 12.4 Å². The molecule has 4 rings (SSSR count). The highest BCUT2D eigenvalue weighted by atomic mass is 32.2. The molecule has 27 heavy (non-hydrogen) atoms. The van der Waals surface area contributed by atoms with Gasteiger partial charge in [0.15, 0.2) is 0 Å². The van der Waals surface area contributed by atoms with Crippen LogP contribution in [0.2, 0.25) is 0 Å². The van der Waals surface area contributed by atoms with E-state index >= 15 is 0 Å². The molecule has 0 saturated carbocycles. The van der Waals surface area contributed by atoms with Crippen LogP contribution in [0.5, 0.6) is 0 Å². The molecule has 2 aromatic carbocycles. The van der Waals surface area contributed by atoms with Gasteiger partial charge in [-0.3, -0.25) is 0 Å². The maximum absolute atomic E-state index is 14.2. The Morgan fingerprint density at radius 2 is 1.89 bits per heavy atom. The van der Waals surface area contributed by atoms with Crippen molar-refractivity contribution in [3.63, 3.8) is 0 Å². The molecule has 0 unspecified atom stereocenters. The number of halogens is 1. The third-order valence-electron chi connectivity index (χ3n) is 5.13. The summed E-state index contributed by atoms with van der Waals surface area (Å²) in [6, 6.07) is 12.4. The van der Waals surface area contributed by atoms with Gasteiger partial charge in [-0.2, -0.15) is 17.4 Å². The molecule has 0 bridgehead atoms. The maximum atomic E-state index is 14.2. The van der Waals surface area contributed by atoms with Crippen molar-refractivity contribution in [2.24, 2.45) is 0 Å². The van der Waals surface area contributed by atoms with Crippen LogP contribution in [0.25, 0.3) is 22.2 Å². The molecule has 2 heterocycles. The van der Waals surface area contributed by atoms with E-state index in [9.17, 15) is 12.8 Å². The van der Waals surface area contributed by atoms with Crippen LogP contribution in [0.15, 0.2) is 42.5 Å². The molecule has 2 N–H and O–H groups in total. The first-order valence-corrected chi connectivity index (χ1v) is 10.5. The molecule has 0 radical (unpaired) electrons. The van der Waals surface area contributed by atoms with Gasteiger partial charge >= 0.3 is 0 Å². The topological polar surface area (TPSA) is 65.2 Å². The lowest BCUT2D eigenvalue weighted by Crippen LogP contribution is -2.38. The van der Waals surface area contributed by atoms with Crippen molar-refractivity contribution >= 4 is 21.1 Å². The molecule has 142 valence electrons. The first-order chi connectivity index (χ1) is 13.0. The summed E-state index contributed by atoms with van der Waals surface area (Å²) in [6.45, 7) is 3.34. The smallest absolute Gasteiger partial charge is 0.279 e. The summed E-state index contributed by atoms with van der Waals surface area (Å²) in [4.78, 5) is 3.28. The third kappa shape index (κ3) is 3.50. The molecule has 0 aliphatic carbocycles. The monoisotopic (exact) mass is 387 g/mol. The highest BCUT2D eigenvalue weighted by molar-refractivity contribution is 7.87. The van der Waals surface area contributed by atoms with Crippen molar-refractivity contribution in [1.29, 1.82) is 0 Å². The number of aromatic nitrogens is 1. The number of aryl methyl sites for hydroxylation is 1. The molecular weight excluding hydrogens is 365 g/mol. The Labute approximate surface area is 158 Å². The first-order valence-electron chi connectivity index (χ1n) is 9.06. The summed E-state index contributed by atoms with van der Waals surface area (Å²) in [7, 11) is -3.44. The summed E-state index contributed by atoms with van der Waals surface area (Å²) < 4.78 is 43.0. The molecule has 1 fully saturated rings. The highest BCUT2D eigenvalue weighted by Crippen LogP contribution is 2.31. The van der Waals surface area contributed by atoms with Gasteiger partial charge in [0.05, 0.1) is 5.69 Å². The van der Waals surface area contributed by atoms with Crippen LogP contribution in [0.4, 0.5) is 4.39 Å². The number of fused-ring (bicyclic) bond motifs is 1. The third-order valence-corrected chi connectivity index (χ3v) is 6.68. The van der Waals surface area contributed by atoms with Gasteiger partial charge in [0.1, 0.15) is 5.82 Å². The molecular formula is C20H22FN3O2S. The molecule has 3 aromatic rings. The zero-order valence-electron chi connectivity index (χ0n) is 15.1. The summed E-state index contributed by atoms with van der Waals surface area (Å²) >= 11 is 0. The fourth-order valence-electron chi connectivity index (χ4n) is 3.61. The Morgan fingerprint density at radius 3 is 2.63 bits per heavy atom. The predicted molar refractivity (Wildman–Crippen MR) is 105 cm³/mol. The van der Waals surface area contributed by atoms with Gasteiger partial charge in [0.25, 0.3) is 10.2 Å². The average molecular weight is 387 g/mol. The Kier molecular flexibility index (Phi) is 4.75. The van der Waals surface area contributed by atoms with E-state index in [1.165, 1.54) is 10.4 Å². The Hall–Kier alpha value is -2.22. The van der Waals surface area contributed by atoms with Crippen molar-refractivity contribution in [1.82, 2.24) is 14.0 Å². The molecule has 7 heteroatoms. The SMILES string of the molecule is Cc1c(-c2ccccc2F)[nH]c2ccc(CNS(=O)(=O)N3CCCC3)cc12. The lowest BCUT2D eigenvalue weighted by atomic mass is 10.0. The molecule has 0 atom stereocenters. The number of nitrogens with zero attached hydrogens (tertiary/aromatic N) is 1. The van der Waals surface area contributed by atoms with Crippen LogP contribution in [0, 0.1) is 12.7 Å². The van der Waals surface area contributed by atoms with E-state index in [1.807, 2.05) is 31.2 Å². The molecule has 1 saturated heterocycles. The van der Waals surface area contributed by atoms with Gasteiger partial charge in [-0.25, -0.2) is 4.39 Å². The number of benzene rings is 2. The summed E-state index contributed by atoms with van der Waals surface area (Å²) in [5, 5.41) is 0.964. The van der Waals surface area contributed by atoms with Crippen LogP contribution in [0.1, 0.15) is 24.0 Å². The van der Waals surface area contributed by atoms with Crippen LogP contribution in [-0.2, 0) is 16.8 Å². The minimum absolute atomic E-state index is 0.231. The van der Waals surface area contributed by atoms with Gasteiger partial charge in [-0.05, 0) is 55.2 Å². The number of hydrogen-bond acceptors (Lipinski definition) is 2. The normalized spacial score (nSPS) is 15.6. The molecule has 1 aromatic heterocycles. The predicted octanol–water partition coefficient (Wildman–Crippen LogP) is 3.71. The standard InChI is InChI=1S/C20H22FN3O2S/c1-14-17-12-15(13-22-27(25,26)24-10-4-5-11-24)8-9-19(17)23-20(14)16-6-2-3-7-18(16)21/h2-3,6-9,12,22-23H,4-5,10-11,13H2,1H3. The Balaban J connectivity index is 1.61. The van der Waals surface area contributed by atoms with Gasteiger partial charge in [0.2, 0.25) is 0 Å². The van der Waals surface area contributed by atoms with Crippen molar-refractivity contribution in [3.05, 3.63) is 59.4 Å². The van der Waals surface area contributed by atoms with Crippen molar-refractivity contribution in [2.45, 2.75) is 26.3 Å². The fraction of sp³-hybridized carbons (Fsp3) is 0.300. The second-order valence-corrected chi connectivity index (χ2v) is 8.67. The van der Waals surface area contributed by atoms with Gasteiger partial charge in [0, 0.05) is 36.1 Å². The number of aromatic amines is 1. The van der Waals surface area contributed by atoms with E-state index in [4.69, 9.17) is 0 Å². The molecule has 0 amide bonds. The van der Waals surface area contributed by atoms with Crippen molar-refractivity contribution in [2.75, 3.05) is 13.1 Å². The minimum Gasteiger partial charge on any atom is -0.354 e. The molecule has 1 aliphatic rings. The lowest BCUT2D eigenvalue weighted by molar-refractivity contribution is 0.464. The number of H-pyrrole nitrogens is 1. The van der Waals surface area contributed by atoms with Crippen LogP contribution in [-0.4, -0.2) is 30.8 Å². The van der Waals surface area contributed by atoms with E-state index in [0.717, 1.165) is 40.6 Å². The first kappa shape index (κ1) is 18.2. The van der Waals surface area contributed by atoms with E-state index in [2.05, 4.69) is 9.71 Å². The highest BCUT2D eigenvalue weighted by Gasteiger charge is 2.24. The van der Waals surface area contributed by atoms with E-state index < -0.39 is 10.2 Å². The van der Waals surface area contributed by atoms with Crippen molar-refractivity contribution in [3.8, 4) is 11.3 Å². The average Bonchev–Trinajstić information content (AvgIpc) is 3.30. The maximum Gasteiger partial charge on any atom is 0.279 e. The van der Waals surface area contributed by atoms with Crippen molar-refractivity contribution < 1.29 is 12.8 Å². The zero-order valence-corrected chi connectivity index (χ0v) is 15.9. The number of rotatable bonds is 5. The quantitative estimate of drug-likeness (QED) is 0.701. The fourth-order valence-corrected chi connectivity index (χ4v) is 4.88.